The molecule has 73 heavy (non-hydrogen) atoms. The van der Waals surface area contributed by atoms with Crippen LogP contribution in [-0.2, 0) is 52.3 Å². The average molecular weight is 1020 g/mol. The molecule has 18 nitrogen and oxygen atoms in total. The third-order valence-electron chi connectivity index (χ3n) is 14.9. The fraction of sp³-hybridized carbons (Fsp3) is 0.655. The van der Waals surface area contributed by atoms with Crippen molar-refractivity contribution >= 4 is 30.0 Å². The van der Waals surface area contributed by atoms with Crippen LogP contribution in [0.15, 0.2) is 59.7 Å². The Morgan fingerprint density at radius 2 is 1.47 bits per heavy atom. The number of amides is 1. The normalized spacial score (nSPS) is 29.3. The smallest absolute Gasteiger partial charge is 0.409 e. The van der Waals surface area contributed by atoms with Crippen molar-refractivity contribution in [2.45, 2.75) is 188 Å². The minimum absolute atomic E-state index is 0.0706. The topological polar surface area (TPSA) is 230 Å². The molecule has 1 amide bonds. The van der Waals surface area contributed by atoms with Crippen molar-refractivity contribution in [2.24, 2.45) is 22.7 Å². The maximum atomic E-state index is 15.2. The lowest BCUT2D eigenvalue weighted by atomic mass is 9.45. The van der Waals surface area contributed by atoms with E-state index in [1.807, 2.05) is 20.8 Å². The summed E-state index contributed by atoms with van der Waals surface area (Å²) in [7, 11) is 2.88. The molecule has 6 rings (SSSR count). The quantitative estimate of drug-likeness (QED) is 0.0593. The van der Waals surface area contributed by atoms with Gasteiger partial charge in [0.2, 0.25) is 0 Å². The summed E-state index contributed by atoms with van der Waals surface area (Å²) < 4.78 is 62.4. The largest absolute Gasteiger partial charge is 0.496 e. The molecule has 1 heterocycles. The van der Waals surface area contributed by atoms with E-state index in [0.29, 0.717) is 17.6 Å². The highest BCUT2D eigenvalue weighted by Gasteiger charge is 2.76. The Balaban J connectivity index is 1.56. The summed E-state index contributed by atoms with van der Waals surface area (Å²) in [4.78, 5) is 70.2. The van der Waals surface area contributed by atoms with Crippen molar-refractivity contribution in [1.29, 1.82) is 0 Å². The number of fused-ring (bicyclic) bond motifs is 5. The highest BCUT2D eigenvalue weighted by Crippen LogP contribution is 2.66. The van der Waals surface area contributed by atoms with Gasteiger partial charge >= 0.3 is 30.0 Å². The summed E-state index contributed by atoms with van der Waals surface area (Å²) in [5, 5.41) is 28.2. The van der Waals surface area contributed by atoms with E-state index in [9.17, 15) is 29.4 Å². The first kappa shape index (κ1) is 57.0. The van der Waals surface area contributed by atoms with Gasteiger partial charge in [0.25, 0.3) is 0 Å². The summed E-state index contributed by atoms with van der Waals surface area (Å²) in [6.45, 7) is 21.4. The molecule has 2 aromatic carbocycles. The van der Waals surface area contributed by atoms with Gasteiger partial charge in [-0.25, -0.2) is 14.4 Å². The average Bonchev–Trinajstić information content (AvgIpc) is 3.27. The summed E-state index contributed by atoms with van der Waals surface area (Å²) in [6.07, 6.45) is -9.33. The molecule has 0 aromatic heterocycles. The number of methoxy groups -OCH3 is 2. The van der Waals surface area contributed by atoms with Crippen LogP contribution in [0.2, 0.25) is 0 Å². The zero-order chi connectivity index (χ0) is 54.2. The highest BCUT2D eigenvalue weighted by atomic mass is 16.7. The van der Waals surface area contributed by atoms with Crippen molar-refractivity contribution in [3.05, 3.63) is 70.8 Å². The number of alkyl carbamates (subject to hydrolysis) is 1. The van der Waals surface area contributed by atoms with E-state index < -0.39 is 119 Å². The van der Waals surface area contributed by atoms with Crippen molar-refractivity contribution in [1.82, 2.24) is 5.32 Å². The summed E-state index contributed by atoms with van der Waals surface area (Å²) in [6, 6.07) is 13.2. The van der Waals surface area contributed by atoms with Crippen molar-refractivity contribution in [3.63, 3.8) is 0 Å². The molecule has 0 radical (unpaired) electrons. The van der Waals surface area contributed by atoms with Gasteiger partial charge in [-0.15, -0.1) is 0 Å². The van der Waals surface area contributed by atoms with E-state index in [4.69, 9.17) is 47.4 Å². The first-order valence-corrected chi connectivity index (χ1v) is 25.1. The molecule has 11 atom stereocenters. The first-order chi connectivity index (χ1) is 33.9. The Hall–Kier alpha value is -5.27. The number of nitrogens with one attached hydrogen (secondary N) is 1. The second kappa shape index (κ2) is 21.5. The number of carbonyl (C=O) groups excluding carboxylic acids is 5. The summed E-state index contributed by atoms with van der Waals surface area (Å²) in [5.74, 6) is -5.31. The molecule has 3 N–H and O–H groups in total. The number of benzene rings is 2. The number of hydrogen-bond donors (Lipinski definition) is 3. The second-order valence-electron chi connectivity index (χ2n) is 22.6. The Labute approximate surface area is 429 Å². The SMILES string of the molecule is COc1cccc(OC)c1C(NC(=O)OC(C)(C)C)O[C@H](CCC(C)C)C(=O)O[C@H]1C[C@@]2(O)[C@@H](OC(=O)c3ccccc3)[C@H]3[C@](C)(C[C@H](OC(C)=O)C(=C1C)C2(C)C)[C@@H](OC(C)(C)O)C[C@H]1OC[C@]13OC(C)=O. The van der Waals surface area contributed by atoms with E-state index in [1.165, 1.54) is 41.9 Å². The molecular weight excluding hydrogens is 947 g/mol. The number of aliphatic hydroxyl groups is 2. The Morgan fingerprint density at radius 3 is 1.99 bits per heavy atom. The lowest BCUT2D eigenvalue weighted by molar-refractivity contribution is -0.371. The van der Waals surface area contributed by atoms with Gasteiger partial charge in [-0.2, -0.15) is 0 Å². The molecule has 1 unspecified atom stereocenters. The van der Waals surface area contributed by atoms with Crippen molar-refractivity contribution in [2.75, 3.05) is 20.8 Å². The number of esters is 4. The zero-order valence-electron chi connectivity index (χ0n) is 45.1. The molecule has 3 fully saturated rings. The standard InChI is InChI=1S/C55H77NO17/c1-30(2)24-25-37(68-46(56-49(61)73-50(6,7)8)42-35(64-14)22-19-23-36(42)65-15)48(60)69-38-28-55(63)45(70-47(59)34-20-17-16-18-21-34)44-53(13,27-39(67-32(4)57)43(31(38)3)51(55,9)10)40(72-52(11,12)62)26-41-54(44,29-66-41)71-33(5)58/h16-23,30,37-41,44-46,62-63H,24-29H2,1-15H3,(H,56,61)/t37-,38+,39+,40+,41-,44+,45+,46?,53-,54+,55-/m1/s1. The van der Waals surface area contributed by atoms with Crippen LogP contribution in [0.25, 0.3) is 0 Å². The molecule has 1 aliphatic heterocycles. The molecule has 404 valence electrons. The Morgan fingerprint density at radius 1 is 0.836 bits per heavy atom. The molecule has 1 saturated heterocycles. The molecule has 2 bridgehead atoms. The summed E-state index contributed by atoms with van der Waals surface area (Å²) in [5.41, 5.74) is -6.28. The fourth-order valence-corrected chi connectivity index (χ4v) is 11.6. The monoisotopic (exact) mass is 1020 g/mol. The van der Waals surface area contributed by atoms with Crippen molar-refractivity contribution < 1.29 is 81.6 Å². The maximum absolute atomic E-state index is 15.2. The van der Waals surface area contributed by atoms with Crippen LogP contribution in [0, 0.1) is 22.7 Å². The molecule has 4 aliphatic rings. The van der Waals surface area contributed by atoms with Crippen molar-refractivity contribution in [3.8, 4) is 11.5 Å². The van der Waals surface area contributed by atoms with Gasteiger partial charge in [-0.1, -0.05) is 58.9 Å². The molecule has 18 heteroatoms. The predicted molar refractivity (Wildman–Crippen MR) is 264 cm³/mol. The number of hydrogen-bond acceptors (Lipinski definition) is 17. The van der Waals surface area contributed by atoms with Gasteiger partial charge in [-0.3, -0.25) is 14.9 Å². The lowest BCUT2D eigenvalue weighted by Crippen LogP contribution is -2.80. The maximum Gasteiger partial charge on any atom is 0.409 e. The second-order valence-corrected chi connectivity index (χ2v) is 22.6. The van der Waals surface area contributed by atoms with Gasteiger partial charge in [-0.05, 0) is 102 Å². The first-order valence-electron chi connectivity index (χ1n) is 25.1. The van der Waals surface area contributed by atoms with Gasteiger partial charge in [0, 0.05) is 37.5 Å². The van der Waals surface area contributed by atoms with E-state index in [-0.39, 0.29) is 54.4 Å². The molecule has 2 saturated carbocycles. The zero-order valence-corrected chi connectivity index (χ0v) is 45.1. The van der Waals surface area contributed by atoms with E-state index >= 15 is 4.79 Å². The van der Waals surface area contributed by atoms with Crippen LogP contribution in [0.1, 0.15) is 144 Å². The van der Waals surface area contributed by atoms with Crippen LogP contribution < -0.4 is 14.8 Å². The fourth-order valence-electron chi connectivity index (χ4n) is 11.6. The van der Waals surface area contributed by atoms with Crippen LogP contribution in [-0.4, -0.2) is 120 Å². The highest BCUT2D eigenvalue weighted by molar-refractivity contribution is 5.89. The minimum atomic E-state index is -2.24. The Kier molecular flexibility index (Phi) is 16.8. The van der Waals surface area contributed by atoms with Gasteiger partial charge < -0.3 is 57.6 Å². The number of ether oxygens (including phenoxy) is 10. The third kappa shape index (κ3) is 11.8. The van der Waals surface area contributed by atoms with Crippen LogP contribution in [0.3, 0.4) is 0 Å². The van der Waals surface area contributed by atoms with Crippen LogP contribution in [0.5, 0.6) is 11.5 Å². The number of carbonyl (C=O) groups is 5. The van der Waals surface area contributed by atoms with Gasteiger partial charge in [0.05, 0.1) is 44.0 Å². The van der Waals surface area contributed by atoms with E-state index in [1.54, 1.807) is 90.1 Å². The van der Waals surface area contributed by atoms with Crippen LogP contribution >= 0.6 is 0 Å². The summed E-state index contributed by atoms with van der Waals surface area (Å²) >= 11 is 0. The molecular formula is C55H77NO17. The van der Waals surface area contributed by atoms with Gasteiger partial charge in [0.1, 0.15) is 47.1 Å². The molecule has 3 aliphatic carbocycles. The van der Waals surface area contributed by atoms with E-state index in [2.05, 4.69) is 5.32 Å². The van der Waals surface area contributed by atoms with E-state index in [0.717, 1.165) is 0 Å². The predicted octanol–water partition coefficient (Wildman–Crippen LogP) is 7.84. The molecule has 2 aromatic rings. The minimum Gasteiger partial charge on any atom is -0.496 e. The van der Waals surface area contributed by atoms with Gasteiger partial charge in [0.15, 0.2) is 23.7 Å². The Bertz CT molecular complexity index is 2360. The third-order valence-corrected chi connectivity index (χ3v) is 14.9. The lowest BCUT2D eigenvalue weighted by Gasteiger charge is -2.68. The molecule has 0 spiro atoms. The number of rotatable bonds is 17. The van der Waals surface area contributed by atoms with Crippen LogP contribution in [0.4, 0.5) is 4.79 Å².